The van der Waals surface area contributed by atoms with Gasteiger partial charge in [0, 0.05) is 17.9 Å². The lowest BCUT2D eigenvalue weighted by Crippen LogP contribution is -2.62. The number of rotatable bonds is 3. The van der Waals surface area contributed by atoms with Crippen LogP contribution >= 0.6 is 23.5 Å². The van der Waals surface area contributed by atoms with Crippen molar-refractivity contribution in [2.45, 2.75) is 94.3 Å². The van der Waals surface area contributed by atoms with Crippen LogP contribution in [-0.4, -0.2) is 33.2 Å². The summed E-state index contributed by atoms with van der Waals surface area (Å²) in [7, 11) is 0. The zero-order chi connectivity index (χ0) is 25.2. The maximum atomic E-state index is 12.8. The van der Waals surface area contributed by atoms with Crippen LogP contribution in [0.4, 0.5) is 0 Å². The second kappa shape index (κ2) is 8.98. The number of carbonyl (C=O) groups excluding carboxylic acids is 1. The zero-order valence-electron chi connectivity index (χ0n) is 22.2. The lowest BCUT2D eigenvalue weighted by atomic mass is 9.42. The molecule has 194 valence electrons. The molecule has 5 heteroatoms. The van der Waals surface area contributed by atoms with E-state index in [0.29, 0.717) is 21.0 Å². The van der Waals surface area contributed by atoms with E-state index in [1.807, 2.05) is 30.3 Å². The molecule has 1 aromatic carbocycles. The highest BCUT2D eigenvalue weighted by atomic mass is 32.2. The van der Waals surface area contributed by atoms with Crippen LogP contribution in [0, 0.1) is 41.1 Å². The van der Waals surface area contributed by atoms with Gasteiger partial charge in [0.2, 0.25) is 0 Å². The number of ether oxygens (including phenoxy) is 1. The van der Waals surface area contributed by atoms with Crippen molar-refractivity contribution >= 4 is 29.5 Å². The molecule has 0 bridgehead atoms. The molecule has 0 spiro atoms. The molecular weight excluding hydrogens is 482 g/mol. The number of nitrogens with zero attached hydrogens (tertiary/aromatic N) is 1. The van der Waals surface area contributed by atoms with Crippen LogP contribution in [0.3, 0.4) is 0 Å². The van der Waals surface area contributed by atoms with Crippen molar-refractivity contribution in [3.63, 3.8) is 0 Å². The monoisotopic (exact) mass is 524 g/mol. The van der Waals surface area contributed by atoms with Gasteiger partial charge in [0.15, 0.2) is 0 Å². The second-order valence-electron chi connectivity index (χ2n) is 13.0. The minimum atomic E-state index is -0.275. The molecule has 5 fully saturated rings. The summed E-state index contributed by atoms with van der Waals surface area (Å²) in [5.74, 6) is 5.56. The Labute approximate surface area is 226 Å². The summed E-state index contributed by atoms with van der Waals surface area (Å²) < 4.78 is 6.45. The summed E-state index contributed by atoms with van der Waals surface area (Å²) >= 11 is 4.48. The van der Waals surface area contributed by atoms with Crippen LogP contribution < -0.4 is 0 Å². The van der Waals surface area contributed by atoms with Gasteiger partial charge in [0.1, 0.15) is 6.10 Å². The molecule has 5 aliphatic rings. The lowest BCUT2D eigenvalue weighted by molar-refractivity contribution is -0.127. The van der Waals surface area contributed by atoms with Crippen LogP contribution in [0.1, 0.15) is 88.9 Å². The number of benzene rings is 1. The summed E-state index contributed by atoms with van der Waals surface area (Å²) in [4.78, 5) is 17.5. The van der Waals surface area contributed by atoms with E-state index in [4.69, 9.17) is 11.3 Å². The number of esters is 1. The van der Waals surface area contributed by atoms with E-state index < -0.39 is 0 Å². The first kappa shape index (κ1) is 25.2. The van der Waals surface area contributed by atoms with E-state index in [1.54, 1.807) is 0 Å². The number of hydrogen-bond donors (Lipinski definition) is 0. The van der Waals surface area contributed by atoms with Crippen LogP contribution in [0.2, 0.25) is 0 Å². The Kier molecular flexibility index (Phi) is 6.28. The zero-order valence-corrected chi connectivity index (χ0v) is 23.8. The Hall–Kier alpha value is -1.12. The average Bonchev–Trinajstić information content (AvgIpc) is 3.48. The van der Waals surface area contributed by atoms with Crippen LogP contribution in [0.25, 0.3) is 4.85 Å². The van der Waals surface area contributed by atoms with Gasteiger partial charge in [0.25, 0.3) is 12.1 Å². The molecule has 0 N–H and O–H groups in total. The topological polar surface area (TPSA) is 30.7 Å². The summed E-state index contributed by atoms with van der Waals surface area (Å²) in [5.41, 5.74) is 0.922. The van der Waals surface area contributed by atoms with Gasteiger partial charge in [-0.2, -0.15) is 0 Å². The van der Waals surface area contributed by atoms with Gasteiger partial charge in [-0.1, -0.05) is 36.9 Å². The molecule has 36 heavy (non-hydrogen) atoms. The summed E-state index contributed by atoms with van der Waals surface area (Å²) in [5, 5.41) is 0. The van der Waals surface area contributed by atoms with Gasteiger partial charge >= 0.3 is 5.97 Å². The van der Waals surface area contributed by atoms with Crippen molar-refractivity contribution in [1.29, 1.82) is 0 Å². The standard InChI is InChI=1S/C31H42NO2S2/c1-28-15-14-25-23(24(28)10-11-26(28)30(3)35-18-19-36-30)13-17-31(32-4)20-22(12-16-29(25,31)2)34-27(33)21-8-6-5-7-9-21/h4-9,22-26H,10-20H2,1-3H3/q+1/t22-,23?,24?,25?,26+,28+,29-,31-/m1/s1. The third kappa shape index (κ3) is 3.64. The molecule has 1 aliphatic heterocycles. The Morgan fingerprint density at radius 2 is 1.69 bits per heavy atom. The summed E-state index contributed by atoms with van der Waals surface area (Å²) in [6.07, 6.45) is 10.4. The summed E-state index contributed by atoms with van der Waals surface area (Å²) in [6.45, 7) is 14.0. The first-order valence-electron chi connectivity index (χ1n) is 14.2. The van der Waals surface area contributed by atoms with Crippen molar-refractivity contribution in [2.75, 3.05) is 11.5 Å². The van der Waals surface area contributed by atoms with Gasteiger partial charge < -0.3 is 4.74 Å². The smallest absolute Gasteiger partial charge is 0.338 e. The third-order valence-corrected chi connectivity index (χ3v) is 15.3. The highest BCUT2D eigenvalue weighted by Gasteiger charge is 2.71. The number of thioether (sulfide) groups is 2. The van der Waals surface area contributed by atoms with Gasteiger partial charge in [-0.05, 0) is 93.1 Å². The van der Waals surface area contributed by atoms with Gasteiger partial charge in [-0.3, -0.25) is 0 Å². The molecule has 6 rings (SSSR count). The number of carbonyl (C=O) groups is 1. The van der Waals surface area contributed by atoms with E-state index in [-0.39, 0.29) is 23.0 Å². The fourth-order valence-corrected chi connectivity index (χ4v) is 13.4. The average molecular weight is 525 g/mol. The third-order valence-electron chi connectivity index (χ3n) is 11.8. The molecule has 3 nitrogen and oxygen atoms in total. The SMILES string of the molecule is C#[N+][C@@]12CCC3C4CC[C@H](C5(C)SCCS5)[C@@]4(C)CCC3[C@@]1(C)CC[C@@H](OC(=O)c1ccccc1)C2. The first-order valence-corrected chi connectivity index (χ1v) is 16.2. The van der Waals surface area contributed by atoms with Gasteiger partial charge in [0.05, 0.1) is 21.5 Å². The number of fused-ring (bicyclic) bond motifs is 5. The first-order chi connectivity index (χ1) is 17.2. The lowest BCUT2D eigenvalue weighted by Gasteiger charge is -2.60. The predicted molar refractivity (Wildman–Crippen MR) is 152 cm³/mol. The van der Waals surface area contributed by atoms with Crippen molar-refractivity contribution in [2.24, 2.45) is 34.5 Å². The molecular formula is C31H42NO2S2+. The van der Waals surface area contributed by atoms with Crippen molar-refractivity contribution in [1.82, 2.24) is 0 Å². The molecule has 3 unspecified atom stereocenters. The van der Waals surface area contributed by atoms with E-state index in [9.17, 15) is 4.79 Å². The minimum absolute atomic E-state index is 0.0977. The van der Waals surface area contributed by atoms with Gasteiger partial charge in [-0.25, -0.2) is 4.79 Å². The van der Waals surface area contributed by atoms with E-state index in [1.165, 1.54) is 43.6 Å². The largest absolute Gasteiger partial charge is 0.458 e. The van der Waals surface area contributed by atoms with Crippen LogP contribution in [0.15, 0.2) is 30.3 Å². The molecule has 0 radical (unpaired) electrons. The molecule has 0 amide bonds. The molecule has 1 heterocycles. The Morgan fingerprint density at radius 1 is 0.944 bits per heavy atom. The second-order valence-corrected chi connectivity index (χ2v) is 16.4. The molecule has 8 atom stereocenters. The fourth-order valence-electron chi connectivity index (χ4n) is 9.96. The molecule has 4 aliphatic carbocycles. The molecule has 1 aromatic rings. The van der Waals surface area contributed by atoms with E-state index in [2.05, 4.69) is 49.1 Å². The Morgan fingerprint density at radius 3 is 2.42 bits per heavy atom. The Balaban J connectivity index is 1.22. The fraction of sp³-hybridized carbons (Fsp3) is 0.742. The highest BCUT2D eigenvalue weighted by molar-refractivity contribution is 8.21. The number of hydrogen-bond acceptors (Lipinski definition) is 4. The van der Waals surface area contributed by atoms with Crippen molar-refractivity contribution < 1.29 is 9.53 Å². The minimum Gasteiger partial charge on any atom is -0.458 e. The van der Waals surface area contributed by atoms with Crippen molar-refractivity contribution in [3.8, 4) is 6.57 Å². The van der Waals surface area contributed by atoms with Gasteiger partial charge in [-0.15, -0.1) is 23.5 Å². The van der Waals surface area contributed by atoms with E-state index >= 15 is 0 Å². The normalized spacial score (nSPS) is 45.1. The van der Waals surface area contributed by atoms with Crippen LogP contribution in [-0.2, 0) is 4.74 Å². The summed E-state index contributed by atoms with van der Waals surface area (Å²) in [6, 6.07) is 9.38. The van der Waals surface area contributed by atoms with E-state index in [0.717, 1.165) is 43.4 Å². The Bertz CT molecular complexity index is 1050. The molecule has 1 saturated heterocycles. The quantitative estimate of drug-likeness (QED) is 0.373. The molecule has 0 aromatic heterocycles. The maximum Gasteiger partial charge on any atom is 0.338 e. The maximum absolute atomic E-state index is 12.8. The van der Waals surface area contributed by atoms with Crippen LogP contribution in [0.5, 0.6) is 0 Å². The predicted octanol–water partition coefficient (Wildman–Crippen LogP) is 8.15. The van der Waals surface area contributed by atoms with Crippen molar-refractivity contribution in [3.05, 3.63) is 40.7 Å². The highest BCUT2D eigenvalue weighted by Crippen LogP contribution is 2.72. The molecule has 4 saturated carbocycles.